The SMILES string of the molecule is C.C=C1N=CC(Oc2cccc(Cl)c2)=CN1.Cc1cccc(Oc2cnc(=O)[nH]c2)c1. The highest BCUT2D eigenvalue weighted by Gasteiger charge is 2.03. The first-order valence-electron chi connectivity index (χ1n) is 8.90. The number of benzene rings is 2. The van der Waals surface area contributed by atoms with Crippen LogP contribution in [-0.4, -0.2) is 16.2 Å². The van der Waals surface area contributed by atoms with Crippen molar-refractivity contribution in [3.63, 3.8) is 0 Å². The molecule has 0 fully saturated rings. The fraction of sp³-hybridized carbons (Fsp3) is 0.0870. The molecule has 1 aromatic heterocycles. The van der Waals surface area contributed by atoms with Crippen LogP contribution in [0.2, 0.25) is 5.02 Å². The Hall–Kier alpha value is -3.84. The monoisotopic (exact) mass is 438 g/mol. The standard InChI is InChI=1S/C11H9ClN2O.C11H10N2O2.CH4/c1-8-13-6-11(7-14-8)15-10-4-2-3-9(12)5-10;1-8-3-2-4-9(5-8)15-10-6-12-11(14)13-7-10;/h2-7,13H,1H2;2-7H,1H3,(H,12,13,14);1H4. The molecule has 4 rings (SSSR count). The topological polar surface area (TPSA) is 88.6 Å². The molecular weight excluding hydrogens is 416 g/mol. The second-order valence-corrected chi connectivity index (χ2v) is 6.56. The van der Waals surface area contributed by atoms with E-state index in [1.165, 1.54) is 12.4 Å². The minimum atomic E-state index is -0.383. The van der Waals surface area contributed by atoms with Gasteiger partial charge in [0.2, 0.25) is 0 Å². The minimum absolute atomic E-state index is 0. The number of hydrogen-bond acceptors (Lipinski definition) is 6. The molecule has 8 heteroatoms. The zero-order valence-corrected chi connectivity index (χ0v) is 16.9. The van der Waals surface area contributed by atoms with E-state index in [0.29, 0.717) is 28.1 Å². The molecule has 1 aliphatic rings. The van der Waals surface area contributed by atoms with Crippen LogP contribution >= 0.6 is 11.6 Å². The van der Waals surface area contributed by atoms with Crippen molar-refractivity contribution in [2.45, 2.75) is 14.4 Å². The molecule has 0 amide bonds. The summed E-state index contributed by atoms with van der Waals surface area (Å²) in [7, 11) is 0. The summed E-state index contributed by atoms with van der Waals surface area (Å²) < 4.78 is 11.0. The van der Waals surface area contributed by atoms with E-state index in [0.717, 1.165) is 11.3 Å². The normalized spacial score (nSPS) is 11.8. The van der Waals surface area contributed by atoms with Gasteiger partial charge in [-0.15, -0.1) is 0 Å². The van der Waals surface area contributed by atoms with Crippen molar-refractivity contribution < 1.29 is 9.47 Å². The Morgan fingerprint density at radius 3 is 2.39 bits per heavy atom. The molecule has 3 aromatic rings. The molecule has 0 spiro atoms. The molecule has 2 heterocycles. The molecular formula is C23H23ClN4O3. The predicted octanol–water partition coefficient (Wildman–Crippen LogP) is 5.21. The van der Waals surface area contributed by atoms with Gasteiger partial charge in [-0.1, -0.05) is 43.8 Å². The first-order chi connectivity index (χ1) is 14.5. The number of aromatic amines is 1. The van der Waals surface area contributed by atoms with Gasteiger partial charge in [0.1, 0.15) is 17.3 Å². The molecule has 0 unspecified atom stereocenters. The Labute approximate surface area is 185 Å². The van der Waals surface area contributed by atoms with Crippen LogP contribution < -0.4 is 20.5 Å². The number of halogens is 1. The Balaban J connectivity index is 0.000000213. The van der Waals surface area contributed by atoms with Gasteiger partial charge in [0.15, 0.2) is 11.5 Å². The number of hydrogen-bond donors (Lipinski definition) is 2. The second-order valence-electron chi connectivity index (χ2n) is 6.13. The van der Waals surface area contributed by atoms with Gasteiger partial charge in [0.05, 0.1) is 18.6 Å². The number of rotatable bonds is 4. The Bertz CT molecular complexity index is 1130. The molecule has 2 N–H and O–H groups in total. The van der Waals surface area contributed by atoms with Crippen molar-refractivity contribution >= 4 is 17.8 Å². The molecule has 0 radical (unpaired) electrons. The molecule has 160 valence electrons. The summed E-state index contributed by atoms with van der Waals surface area (Å²) in [5, 5.41) is 3.49. The van der Waals surface area contributed by atoms with Gasteiger partial charge in [-0.3, -0.25) is 0 Å². The van der Waals surface area contributed by atoms with Crippen molar-refractivity contribution in [3.05, 3.63) is 106 Å². The zero-order chi connectivity index (χ0) is 21.3. The molecule has 0 bridgehead atoms. The molecule has 0 aliphatic carbocycles. The summed E-state index contributed by atoms with van der Waals surface area (Å²) in [6.07, 6.45) is 6.16. The third-order valence-electron chi connectivity index (χ3n) is 3.63. The van der Waals surface area contributed by atoms with Crippen LogP contribution in [0.25, 0.3) is 0 Å². The van der Waals surface area contributed by atoms with Gasteiger partial charge in [0.25, 0.3) is 0 Å². The van der Waals surface area contributed by atoms with Crippen LogP contribution in [0.5, 0.6) is 17.2 Å². The van der Waals surface area contributed by atoms with E-state index in [9.17, 15) is 4.79 Å². The Morgan fingerprint density at radius 1 is 1.03 bits per heavy atom. The number of H-pyrrole nitrogens is 1. The highest BCUT2D eigenvalue weighted by Crippen LogP contribution is 2.20. The van der Waals surface area contributed by atoms with E-state index in [-0.39, 0.29) is 13.1 Å². The van der Waals surface area contributed by atoms with Crippen LogP contribution in [0.15, 0.2) is 95.1 Å². The fourth-order valence-corrected chi connectivity index (χ4v) is 2.47. The maximum atomic E-state index is 10.7. The molecule has 31 heavy (non-hydrogen) atoms. The summed E-state index contributed by atoms with van der Waals surface area (Å²) in [6, 6.07) is 14.8. The number of ether oxygens (including phenoxy) is 2. The number of nitrogens with one attached hydrogen (secondary N) is 2. The number of allylic oxidation sites excluding steroid dienone is 1. The van der Waals surface area contributed by atoms with Crippen molar-refractivity contribution in [3.8, 4) is 17.2 Å². The lowest BCUT2D eigenvalue weighted by molar-refractivity contribution is 0.451. The minimum Gasteiger partial charge on any atom is -0.454 e. The van der Waals surface area contributed by atoms with Gasteiger partial charge < -0.3 is 19.8 Å². The van der Waals surface area contributed by atoms with Gasteiger partial charge in [0, 0.05) is 11.2 Å². The molecule has 0 saturated heterocycles. The summed E-state index contributed by atoms with van der Waals surface area (Å²) in [5.74, 6) is 3.12. The van der Waals surface area contributed by atoms with Gasteiger partial charge in [-0.25, -0.2) is 9.79 Å². The van der Waals surface area contributed by atoms with Crippen molar-refractivity contribution in [1.29, 1.82) is 0 Å². The van der Waals surface area contributed by atoms with Crippen LogP contribution in [0.4, 0.5) is 0 Å². The summed E-state index contributed by atoms with van der Waals surface area (Å²) in [6.45, 7) is 5.62. The van der Waals surface area contributed by atoms with Crippen molar-refractivity contribution in [2.24, 2.45) is 4.99 Å². The van der Waals surface area contributed by atoms with Gasteiger partial charge in [-0.05, 0) is 42.8 Å². The van der Waals surface area contributed by atoms with Crippen LogP contribution in [-0.2, 0) is 0 Å². The van der Waals surface area contributed by atoms with E-state index in [1.807, 2.05) is 43.3 Å². The fourth-order valence-electron chi connectivity index (χ4n) is 2.29. The first-order valence-corrected chi connectivity index (χ1v) is 9.28. The van der Waals surface area contributed by atoms with Crippen LogP contribution in [0.1, 0.15) is 13.0 Å². The molecule has 0 saturated carbocycles. The predicted molar refractivity (Wildman–Crippen MR) is 124 cm³/mol. The molecule has 7 nitrogen and oxygen atoms in total. The average Bonchev–Trinajstić information content (AvgIpc) is 2.72. The van der Waals surface area contributed by atoms with E-state index in [2.05, 4.69) is 26.9 Å². The van der Waals surface area contributed by atoms with Gasteiger partial charge >= 0.3 is 5.69 Å². The number of nitrogens with zero attached hydrogens (tertiary/aromatic N) is 2. The lowest BCUT2D eigenvalue weighted by Crippen LogP contribution is -2.12. The van der Waals surface area contributed by atoms with E-state index in [4.69, 9.17) is 21.1 Å². The number of aryl methyl sites for hydroxylation is 1. The number of aliphatic imine (C=N–C) groups is 1. The second kappa shape index (κ2) is 11.4. The van der Waals surface area contributed by atoms with Gasteiger partial charge in [-0.2, -0.15) is 4.98 Å². The summed E-state index contributed by atoms with van der Waals surface area (Å²) in [5.41, 5.74) is 0.733. The van der Waals surface area contributed by atoms with E-state index >= 15 is 0 Å². The summed E-state index contributed by atoms with van der Waals surface area (Å²) in [4.78, 5) is 20.7. The Morgan fingerprint density at radius 2 is 1.77 bits per heavy atom. The molecule has 2 aromatic carbocycles. The lowest BCUT2D eigenvalue weighted by atomic mass is 10.2. The smallest absolute Gasteiger partial charge is 0.345 e. The zero-order valence-electron chi connectivity index (χ0n) is 16.1. The van der Waals surface area contributed by atoms with Crippen LogP contribution in [0.3, 0.4) is 0 Å². The molecule has 0 atom stereocenters. The first kappa shape index (κ1) is 23.4. The van der Waals surface area contributed by atoms with Crippen molar-refractivity contribution in [2.75, 3.05) is 0 Å². The lowest BCUT2D eigenvalue weighted by Gasteiger charge is -2.10. The molecule has 1 aliphatic heterocycles. The summed E-state index contributed by atoms with van der Waals surface area (Å²) >= 11 is 5.82. The Kier molecular flexibility index (Phi) is 8.60. The quantitative estimate of drug-likeness (QED) is 0.583. The number of aromatic nitrogens is 2. The highest BCUT2D eigenvalue weighted by atomic mass is 35.5. The largest absolute Gasteiger partial charge is 0.454 e. The van der Waals surface area contributed by atoms with Crippen molar-refractivity contribution in [1.82, 2.24) is 15.3 Å². The average molecular weight is 439 g/mol. The third-order valence-corrected chi connectivity index (χ3v) is 3.87. The van der Waals surface area contributed by atoms with Crippen LogP contribution in [0, 0.1) is 6.92 Å². The third kappa shape index (κ3) is 7.83. The maximum absolute atomic E-state index is 10.7. The van der Waals surface area contributed by atoms with E-state index in [1.54, 1.807) is 24.5 Å². The highest BCUT2D eigenvalue weighted by molar-refractivity contribution is 6.30. The van der Waals surface area contributed by atoms with E-state index < -0.39 is 0 Å². The maximum Gasteiger partial charge on any atom is 0.345 e.